The van der Waals surface area contributed by atoms with Gasteiger partial charge in [-0.1, -0.05) is 92.5 Å². The molecule has 6 aromatic heterocycles. The van der Waals surface area contributed by atoms with E-state index in [4.69, 9.17) is 17.5 Å². The van der Waals surface area contributed by atoms with Crippen molar-refractivity contribution in [1.29, 1.82) is 0 Å². The summed E-state index contributed by atoms with van der Waals surface area (Å²) in [6.45, 7) is 18.9. The Morgan fingerprint density at radius 3 is 1.19 bits per heavy atom. The third kappa shape index (κ3) is 7.21. The summed E-state index contributed by atoms with van der Waals surface area (Å²) in [4.78, 5) is 14.3. The summed E-state index contributed by atoms with van der Waals surface area (Å²) in [6, 6.07) is 23.6. The summed E-state index contributed by atoms with van der Waals surface area (Å²) in [5.41, 5.74) is 8.98. The van der Waals surface area contributed by atoms with Crippen molar-refractivity contribution in [2.75, 3.05) is 11.5 Å². The second kappa shape index (κ2) is 16.0. The quantitative estimate of drug-likeness (QED) is 0.109. The molecule has 7 heterocycles. The SMILES string of the molecule is CCC(C)CS1(CC(C)CC)c2cc(-c3ccc(-c4ccc(CC(C)C)s4)c4nsnc34)sc2-c2sc(-c3ccc(-c4ccc(CC(C)C)s4)c4nsnc34)cc21. The lowest BCUT2D eigenvalue weighted by atomic mass is 10.1. The minimum absolute atomic E-state index is 0.634. The van der Waals surface area contributed by atoms with Gasteiger partial charge in [-0.05, 0) is 84.4 Å². The zero-order valence-corrected chi connectivity index (χ0v) is 39.7. The first-order valence-electron chi connectivity index (χ1n) is 20.3. The van der Waals surface area contributed by atoms with E-state index in [2.05, 4.69) is 116 Å². The normalized spacial score (nSPS) is 15.3. The summed E-state index contributed by atoms with van der Waals surface area (Å²) in [7, 11) is -1.32. The van der Waals surface area contributed by atoms with Crippen molar-refractivity contribution < 1.29 is 0 Å². The number of nitrogens with zero attached hydrogens (tertiary/aromatic N) is 4. The Morgan fingerprint density at radius 2 is 0.842 bits per heavy atom. The molecule has 2 unspecified atom stereocenters. The van der Waals surface area contributed by atoms with Crippen LogP contribution in [-0.4, -0.2) is 29.0 Å². The van der Waals surface area contributed by atoms with Crippen LogP contribution >= 0.6 is 78.8 Å². The molecule has 11 heteroatoms. The minimum Gasteiger partial charge on any atom is -0.184 e. The number of thiophene rings is 4. The first-order chi connectivity index (χ1) is 27.6. The van der Waals surface area contributed by atoms with Crippen LogP contribution in [0.25, 0.3) is 73.6 Å². The number of hydrogen-bond donors (Lipinski definition) is 0. The van der Waals surface area contributed by atoms with Crippen LogP contribution in [-0.2, 0) is 12.8 Å². The van der Waals surface area contributed by atoms with Gasteiger partial charge in [0.1, 0.15) is 22.1 Å². The van der Waals surface area contributed by atoms with Crippen molar-refractivity contribution in [3.63, 3.8) is 0 Å². The van der Waals surface area contributed by atoms with Crippen molar-refractivity contribution in [2.45, 2.75) is 90.9 Å². The molecule has 0 fully saturated rings. The van der Waals surface area contributed by atoms with Gasteiger partial charge in [0.05, 0.1) is 33.2 Å². The summed E-state index contributed by atoms with van der Waals surface area (Å²) in [5, 5.41) is 0. The predicted octanol–water partition coefficient (Wildman–Crippen LogP) is 16.3. The maximum absolute atomic E-state index is 4.97. The second-order valence-corrected chi connectivity index (χ2v) is 25.6. The van der Waals surface area contributed by atoms with E-state index in [9.17, 15) is 0 Å². The summed E-state index contributed by atoms with van der Waals surface area (Å²) >= 11 is 10.5. The fraction of sp³-hybridized carbons (Fsp3) is 0.391. The average molecular weight is 883 g/mol. The minimum atomic E-state index is -1.32. The standard InChI is InChI=1S/C46H50N4S7/c1-9-27(7)23-57(24-28(8)10-2)39-21-37(33-15-13-31(41-43(33)49-55-47-41)35-17-11-29(51-35)19-25(3)4)53-45(39)46-40(57)22-38(54-46)34-16-14-32(42-44(34)50-56-48-42)36-18-12-30(52-36)20-26(5)6/h11-18,21-22,25-28H,9-10,19-20,23-24H2,1-8H3. The molecule has 0 aliphatic carbocycles. The maximum Gasteiger partial charge on any atom is 0.114 e. The van der Waals surface area contributed by atoms with Gasteiger partial charge >= 0.3 is 0 Å². The number of benzene rings is 2. The molecule has 8 aromatic rings. The highest BCUT2D eigenvalue weighted by molar-refractivity contribution is 8.34. The topological polar surface area (TPSA) is 51.6 Å². The highest BCUT2D eigenvalue weighted by Gasteiger charge is 2.44. The van der Waals surface area contributed by atoms with Crippen LogP contribution in [0.5, 0.6) is 0 Å². The van der Waals surface area contributed by atoms with Crippen LogP contribution in [0.15, 0.2) is 70.5 Å². The van der Waals surface area contributed by atoms with Gasteiger partial charge in [-0.15, -0.1) is 45.3 Å². The first kappa shape index (κ1) is 39.7. The molecule has 2 atom stereocenters. The van der Waals surface area contributed by atoms with Gasteiger partial charge in [0.25, 0.3) is 0 Å². The van der Waals surface area contributed by atoms with Crippen molar-refractivity contribution >= 4 is 101 Å². The van der Waals surface area contributed by atoms with Crippen LogP contribution in [0, 0.1) is 23.7 Å². The predicted molar refractivity (Wildman–Crippen MR) is 257 cm³/mol. The van der Waals surface area contributed by atoms with Crippen molar-refractivity contribution in [3.8, 4) is 51.5 Å². The number of aromatic nitrogens is 4. The molecule has 0 N–H and O–H groups in total. The van der Waals surface area contributed by atoms with Gasteiger partial charge in [0, 0.05) is 61.3 Å². The molecule has 0 amide bonds. The number of rotatable bonds is 14. The zero-order chi connectivity index (χ0) is 39.6. The Morgan fingerprint density at radius 1 is 0.474 bits per heavy atom. The second-order valence-electron chi connectivity index (χ2n) is 16.8. The molecule has 1 aliphatic heterocycles. The largest absolute Gasteiger partial charge is 0.184 e. The van der Waals surface area contributed by atoms with E-state index < -0.39 is 10.0 Å². The van der Waals surface area contributed by atoms with E-state index >= 15 is 0 Å². The lowest BCUT2D eigenvalue weighted by molar-refractivity contribution is 0.613. The van der Waals surface area contributed by atoms with E-state index in [0.29, 0.717) is 23.7 Å². The molecule has 0 saturated carbocycles. The van der Waals surface area contributed by atoms with E-state index in [1.165, 1.54) is 109 Å². The van der Waals surface area contributed by atoms with E-state index in [1.54, 1.807) is 9.79 Å². The molecule has 296 valence electrons. The third-order valence-corrected chi connectivity index (χ3v) is 22.1. The molecule has 0 bridgehead atoms. The Balaban J connectivity index is 1.17. The molecule has 2 aromatic carbocycles. The average Bonchev–Trinajstić information content (AvgIpc) is 4.04. The lowest BCUT2D eigenvalue weighted by Gasteiger charge is -2.41. The lowest BCUT2D eigenvalue weighted by Crippen LogP contribution is -2.18. The number of hydrogen-bond acceptors (Lipinski definition) is 10. The molecule has 0 radical (unpaired) electrons. The summed E-state index contributed by atoms with van der Waals surface area (Å²) in [5.74, 6) is 5.01. The Labute approximate surface area is 363 Å². The summed E-state index contributed by atoms with van der Waals surface area (Å²) in [6.07, 6.45) is 4.60. The van der Waals surface area contributed by atoms with E-state index in [1.807, 2.05) is 45.3 Å². The van der Waals surface area contributed by atoms with Gasteiger partial charge in [-0.3, -0.25) is 0 Å². The molecule has 0 spiro atoms. The van der Waals surface area contributed by atoms with Gasteiger partial charge in [0.2, 0.25) is 0 Å². The molecule has 9 rings (SSSR count). The first-order valence-corrected chi connectivity index (χ1v) is 27.0. The molecular formula is C46H50N4S7. The Kier molecular flexibility index (Phi) is 11.1. The molecule has 57 heavy (non-hydrogen) atoms. The molecule has 0 saturated heterocycles. The fourth-order valence-corrected chi connectivity index (χ4v) is 20.8. The van der Waals surface area contributed by atoms with Gasteiger partial charge < -0.3 is 0 Å². The van der Waals surface area contributed by atoms with Crippen molar-refractivity contribution in [3.05, 3.63) is 70.4 Å². The highest BCUT2D eigenvalue weighted by atomic mass is 32.3. The van der Waals surface area contributed by atoms with Crippen LogP contribution in [0.4, 0.5) is 0 Å². The Bertz CT molecular complexity index is 2510. The highest BCUT2D eigenvalue weighted by Crippen LogP contribution is 2.77. The van der Waals surface area contributed by atoms with E-state index in [0.717, 1.165) is 34.9 Å². The third-order valence-electron chi connectivity index (χ3n) is 11.4. The molecule has 4 nitrogen and oxygen atoms in total. The van der Waals surface area contributed by atoms with Gasteiger partial charge in [-0.25, -0.2) is 0 Å². The Hall–Kier alpha value is -2.77. The van der Waals surface area contributed by atoms with Crippen LogP contribution in [0.1, 0.15) is 78.0 Å². The van der Waals surface area contributed by atoms with E-state index in [-0.39, 0.29) is 0 Å². The van der Waals surface area contributed by atoms with Gasteiger partial charge in [-0.2, -0.15) is 27.5 Å². The van der Waals surface area contributed by atoms with Crippen LogP contribution in [0.2, 0.25) is 0 Å². The summed E-state index contributed by atoms with van der Waals surface area (Å²) < 4.78 is 19.8. The number of fused-ring (bicyclic) bond motifs is 5. The fourth-order valence-electron chi connectivity index (χ4n) is 8.26. The zero-order valence-electron chi connectivity index (χ0n) is 34.0. The monoisotopic (exact) mass is 882 g/mol. The van der Waals surface area contributed by atoms with Crippen molar-refractivity contribution in [2.24, 2.45) is 23.7 Å². The smallest absolute Gasteiger partial charge is 0.114 e. The van der Waals surface area contributed by atoms with Crippen LogP contribution < -0.4 is 0 Å². The van der Waals surface area contributed by atoms with Crippen LogP contribution in [0.3, 0.4) is 0 Å². The van der Waals surface area contributed by atoms with Crippen molar-refractivity contribution in [1.82, 2.24) is 17.5 Å². The maximum atomic E-state index is 4.97. The van der Waals surface area contributed by atoms with Gasteiger partial charge in [0.15, 0.2) is 0 Å². The molecular weight excluding hydrogens is 833 g/mol. The molecule has 1 aliphatic rings.